The molecule has 0 spiro atoms. The normalized spacial score (nSPS) is 11.3. The first-order chi connectivity index (χ1) is 4.41. The maximum absolute atomic E-state index is 11.1. The van der Waals surface area contributed by atoms with E-state index in [1.54, 1.807) is 21.0 Å². The van der Waals surface area contributed by atoms with E-state index in [0.717, 1.165) is 0 Å². The fourth-order valence-corrected chi connectivity index (χ4v) is 0.816. The molecule has 0 aliphatic carbocycles. The average Bonchev–Trinajstić information content (AvgIpc) is 1.86. The Labute approximate surface area is 71.1 Å². The second kappa shape index (κ2) is 3.44. The minimum absolute atomic E-state index is 0.265. The van der Waals surface area contributed by atoms with Gasteiger partial charge in [0, 0.05) is 14.1 Å². The first-order valence-corrected chi connectivity index (χ1v) is 3.77. The lowest BCUT2D eigenvalue weighted by atomic mass is 10.3. The van der Waals surface area contributed by atoms with Gasteiger partial charge in [0.2, 0.25) is 0 Å². The summed E-state index contributed by atoms with van der Waals surface area (Å²) in [6, 6.07) is 0. The zero-order chi connectivity index (χ0) is 8.36. The van der Waals surface area contributed by atoms with Gasteiger partial charge in [-0.1, -0.05) is 30.1 Å². The minimum atomic E-state index is -1.25. The molecular weight excluding hydrogens is 173 g/mol. The van der Waals surface area contributed by atoms with Crippen LogP contribution in [0.15, 0.2) is 0 Å². The van der Waals surface area contributed by atoms with Gasteiger partial charge in [0.1, 0.15) is 0 Å². The molecule has 0 atom stereocenters. The number of hydrogen-bond acceptors (Lipinski definition) is 1. The Bertz CT molecular complexity index is 134. The van der Waals surface area contributed by atoms with E-state index in [2.05, 4.69) is 0 Å². The molecule has 0 rings (SSSR count). The predicted octanol–water partition coefficient (Wildman–Crippen LogP) is 1.66. The molecule has 0 aromatic rings. The van der Waals surface area contributed by atoms with E-state index in [-0.39, 0.29) is 5.91 Å². The van der Waals surface area contributed by atoms with E-state index < -0.39 is 4.33 Å². The summed E-state index contributed by atoms with van der Waals surface area (Å²) < 4.78 is -1.25. The van der Waals surface area contributed by atoms with Gasteiger partial charge in [0.25, 0.3) is 5.91 Å². The van der Waals surface area contributed by atoms with Crippen LogP contribution in [-0.2, 0) is 4.79 Å². The molecule has 0 N–H and O–H groups in total. The van der Waals surface area contributed by atoms with Crippen molar-refractivity contribution in [3.63, 3.8) is 0 Å². The molecule has 0 bridgehead atoms. The van der Waals surface area contributed by atoms with Crippen LogP contribution in [0.25, 0.3) is 0 Å². The predicted molar refractivity (Wildman–Crippen MR) is 43.4 cm³/mol. The van der Waals surface area contributed by atoms with Crippen molar-refractivity contribution < 1.29 is 4.79 Å². The molecule has 4 heteroatoms. The van der Waals surface area contributed by atoms with Crippen LogP contribution in [-0.4, -0.2) is 29.2 Å². The number of hydrogen-bond donors (Lipinski definition) is 0. The Balaban J connectivity index is 4.19. The molecule has 2 nitrogen and oxygen atoms in total. The van der Waals surface area contributed by atoms with Crippen molar-refractivity contribution >= 4 is 29.1 Å². The summed E-state index contributed by atoms with van der Waals surface area (Å²) in [7, 11) is 3.25. The smallest absolute Gasteiger partial charge is 0.258 e. The molecule has 0 aliphatic rings. The highest BCUT2D eigenvalue weighted by Crippen LogP contribution is 2.26. The highest BCUT2D eigenvalue weighted by Gasteiger charge is 2.32. The average molecular weight is 184 g/mol. The molecule has 0 unspecified atom stereocenters. The van der Waals surface area contributed by atoms with Crippen LogP contribution in [0.3, 0.4) is 0 Å². The summed E-state index contributed by atoms with van der Waals surface area (Å²) in [4.78, 5) is 12.4. The quantitative estimate of drug-likeness (QED) is 0.597. The van der Waals surface area contributed by atoms with Crippen molar-refractivity contribution in [3.8, 4) is 0 Å². The lowest BCUT2D eigenvalue weighted by molar-refractivity contribution is -0.129. The summed E-state index contributed by atoms with van der Waals surface area (Å²) in [5.41, 5.74) is 0. The molecule has 0 saturated heterocycles. The monoisotopic (exact) mass is 183 g/mol. The summed E-state index contributed by atoms with van der Waals surface area (Å²) >= 11 is 11.3. The highest BCUT2D eigenvalue weighted by molar-refractivity contribution is 6.57. The van der Waals surface area contributed by atoms with E-state index >= 15 is 0 Å². The van der Waals surface area contributed by atoms with Crippen LogP contribution in [0.5, 0.6) is 0 Å². The van der Waals surface area contributed by atoms with Gasteiger partial charge >= 0.3 is 0 Å². The van der Waals surface area contributed by atoms with Gasteiger partial charge in [0.05, 0.1) is 0 Å². The maximum Gasteiger partial charge on any atom is 0.258 e. The first-order valence-electron chi connectivity index (χ1n) is 3.01. The lowest BCUT2D eigenvalue weighted by Crippen LogP contribution is -2.36. The van der Waals surface area contributed by atoms with Gasteiger partial charge in [0.15, 0.2) is 4.33 Å². The van der Waals surface area contributed by atoms with Gasteiger partial charge in [-0.25, -0.2) is 0 Å². The number of alkyl halides is 2. The van der Waals surface area contributed by atoms with Crippen LogP contribution in [0, 0.1) is 0 Å². The van der Waals surface area contributed by atoms with Crippen LogP contribution in [0.4, 0.5) is 0 Å². The minimum Gasteiger partial charge on any atom is -0.346 e. The van der Waals surface area contributed by atoms with E-state index in [4.69, 9.17) is 23.2 Å². The zero-order valence-corrected chi connectivity index (χ0v) is 7.83. The first kappa shape index (κ1) is 10.0. The molecule has 0 aromatic carbocycles. The Kier molecular flexibility index (Phi) is 3.46. The number of rotatable bonds is 2. The Morgan fingerprint density at radius 2 is 1.90 bits per heavy atom. The fraction of sp³-hybridized carbons (Fsp3) is 0.833. The molecule has 60 valence electrons. The van der Waals surface area contributed by atoms with Gasteiger partial charge in [-0.2, -0.15) is 0 Å². The van der Waals surface area contributed by atoms with E-state index in [0.29, 0.717) is 6.42 Å². The molecule has 0 radical (unpaired) electrons. The molecule has 0 aliphatic heterocycles. The fourth-order valence-electron chi connectivity index (χ4n) is 0.478. The largest absolute Gasteiger partial charge is 0.346 e. The molecule has 0 aromatic heterocycles. The van der Waals surface area contributed by atoms with Crippen molar-refractivity contribution in [3.05, 3.63) is 0 Å². The van der Waals surface area contributed by atoms with Crippen LogP contribution in [0.2, 0.25) is 0 Å². The standard InChI is InChI=1S/C6H11Cl2NO/c1-4-6(7,8)5(10)9(2)3/h4H2,1-3H3. The number of amides is 1. The maximum atomic E-state index is 11.1. The van der Waals surface area contributed by atoms with Crippen LogP contribution in [0.1, 0.15) is 13.3 Å². The zero-order valence-electron chi connectivity index (χ0n) is 6.32. The van der Waals surface area contributed by atoms with Crippen molar-refractivity contribution in [2.75, 3.05) is 14.1 Å². The third kappa shape index (κ3) is 2.35. The van der Waals surface area contributed by atoms with Gasteiger partial charge < -0.3 is 4.90 Å². The summed E-state index contributed by atoms with van der Waals surface area (Å²) in [5, 5.41) is 0. The number of carbonyl (C=O) groups is 1. The van der Waals surface area contributed by atoms with Gasteiger partial charge in [-0.05, 0) is 6.42 Å². The molecule has 0 saturated carbocycles. The second-order valence-electron chi connectivity index (χ2n) is 2.26. The molecule has 0 heterocycles. The SMILES string of the molecule is CCC(Cl)(Cl)C(=O)N(C)C. The number of nitrogens with zero attached hydrogens (tertiary/aromatic N) is 1. The Hall–Kier alpha value is 0.0500. The topological polar surface area (TPSA) is 20.3 Å². The van der Waals surface area contributed by atoms with E-state index in [9.17, 15) is 4.79 Å². The number of carbonyl (C=O) groups excluding carboxylic acids is 1. The summed E-state index contributed by atoms with van der Waals surface area (Å²) in [6.45, 7) is 1.77. The van der Waals surface area contributed by atoms with E-state index in [1.165, 1.54) is 4.90 Å². The third-order valence-corrected chi connectivity index (χ3v) is 2.02. The Morgan fingerprint density at radius 3 is 2.00 bits per heavy atom. The van der Waals surface area contributed by atoms with Crippen molar-refractivity contribution in [2.45, 2.75) is 17.7 Å². The second-order valence-corrected chi connectivity index (χ2v) is 3.74. The Morgan fingerprint density at radius 1 is 1.50 bits per heavy atom. The van der Waals surface area contributed by atoms with Crippen LogP contribution >= 0.6 is 23.2 Å². The highest BCUT2D eigenvalue weighted by atomic mass is 35.5. The van der Waals surface area contributed by atoms with Crippen molar-refractivity contribution in [1.29, 1.82) is 0 Å². The van der Waals surface area contributed by atoms with Gasteiger partial charge in [-0.15, -0.1) is 0 Å². The molecular formula is C6H11Cl2NO. The lowest BCUT2D eigenvalue weighted by Gasteiger charge is -2.20. The molecule has 1 amide bonds. The van der Waals surface area contributed by atoms with Gasteiger partial charge in [-0.3, -0.25) is 4.79 Å². The van der Waals surface area contributed by atoms with Crippen LogP contribution < -0.4 is 0 Å². The summed E-state index contributed by atoms with van der Waals surface area (Å²) in [5.74, 6) is -0.265. The third-order valence-electron chi connectivity index (χ3n) is 1.16. The van der Waals surface area contributed by atoms with Crippen molar-refractivity contribution in [1.82, 2.24) is 4.90 Å². The summed E-state index contributed by atoms with van der Waals surface area (Å²) in [6.07, 6.45) is 0.424. The van der Waals surface area contributed by atoms with E-state index in [1.807, 2.05) is 0 Å². The van der Waals surface area contributed by atoms with Crippen molar-refractivity contribution in [2.24, 2.45) is 0 Å². The molecule has 0 fully saturated rings. The number of halogens is 2. The molecule has 10 heavy (non-hydrogen) atoms.